The number of nitrogens with two attached hydrogens (primary N) is 1. The van der Waals surface area contributed by atoms with Gasteiger partial charge in [0.1, 0.15) is 5.82 Å². The van der Waals surface area contributed by atoms with Crippen LogP contribution in [-0.4, -0.2) is 9.97 Å². The third kappa shape index (κ3) is 2.79. The van der Waals surface area contributed by atoms with Gasteiger partial charge in [0.15, 0.2) is 5.82 Å². The van der Waals surface area contributed by atoms with E-state index in [1.165, 1.54) is 0 Å². The molecule has 0 aliphatic heterocycles. The lowest BCUT2D eigenvalue weighted by Gasteiger charge is -2.18. The maximum Gasteiger partial charge on any atom is 0.161 e. The normalized spacial score (nSPS) is 11.6. The molecule has 3 nitrogen and oxygen atoms in total. The molecule has 1 heterocycles. The summed E-state index contributed by atoms with van der Waals surface area (Å²) in [6.45, 7) is 6.29. The Morgan fingerprint density at radius 3 is 2.22 bits per heavy atom. The topological polar surface area (TPSA) is 51.8 Å². The van der Waals surface area contributed by atoms with E-state index in [4.69, 9.17) is 17.3 Å². The molecule has 0 bridgehead atoms. The van der Waals surface area contributed by atoms with Crippen molar-refractivity contribution in [2.75, 3.05) is 5.73 Å². The molecule has 0 aliphatic carbocycles. The van der Waals surface area contributed by atoms with Crippen LogP contribution in [0.5, 0.6) is 0 Å². The van der Waals surface area contributed by atoms with E-state index in [0.29, 0.717) is 16.7 Å². The lowest BCUT2D eigenvalue weighted by Crippen LogP contribution is -2.15. The first kappa shape index (κ1) is 12.8. The van der Waals surface area contributed by atoms with Crippen molar-refractivity contribution in [3.63, 3.8) is 0 Å². The Balaban J connectivity index is 2.52. The first-order chi connectivity index (χ1) is 8.36. The highest BCUT2D eigenvalue weighted by molar-refractivity contribution is 6.30. The number of aromatic nitrogens is 2. The Kier molecular flexibility index (Phi) is 3.26. The van der Waals surface area contributed by atoms with E-state index in [-0.39, 0.29) is 5.41 Å². The van der Waals surface area contributed by atoms with Crippen molar-refractivity contribution in [3.05, 3.63) is 41.0 Å². The second kappa shape index (κ2) is 4.58. The van der Waals surface area contributed by atoms with Gasteiger partial charge in [0.05, 0.1) is 5.69 Å². The summed E-state index contributed by atoms with van der Waals surface area (Å²) in [5.41, 5.74) is 7.63. The van der Waals surface area contributed by atoms with Crippen molar-refractivity contribution in [1.82, 2.24) is 9.97 Å². The molecule has 1 aromatic heterocycles. The molecule has 1 aromatic carbocycles. The number of benzene rings is 1. The second-order valence-electron chi connectivity index (χ2n) is 5.26. The Morgan fingerprint density at radius 1 is 1.06 bits per heavy atom. The first-order valence-corrected chi connectivity index (χ1v) is 6.15. The summed E-state index contributed by atoms with van der Waals surface area (Å²) < 4.78 is 0. The third-order valence-electron chi connectivity index (χ3n) is 2.62. The van der Waals surface area contributed by atoms with Crippen LogP contribution in [0, 0.1) is 0 Å². The minimum atomic E-state index is -0.0573. The zero-order valence-electron chi connectivity index (χ0n) is 10.7. The maximum absolute atomic E-state index is 5.87. The van der Waals surface area contributed by atoms with Crippen LogP contribution < -0.4 is 5.73 Å². The van der Waals surface area contributed by atoms with Gasteiger partial charge in [0, 0.05) is 22.1 Å². The number of rotatable bonds is 1. The van der Waals surface area contributed by atoms with Crippen molar-refractivity contribution >= 4 is 17.4 Å². The average Bonchev–Trinajstić information content (AvgIpc) is 2.28. The SMILES string of the molecule is CC(C)(C)c1cc(N)nc(-c2ccc(Cl)cc2)n1. The fourth-order valence-corrected chi connectivity index (χ4v) is 1.70. The molecule has 18 heavy (non-hydrogen) atoms. The van der Waals surface area contributed by atoms with Crippen LogP contribution in [0.1, 0.15) is 26.5 Å². The highest BCUT2D eigenvalue weighted by atomic mass is 35.5. The molecule has 0 spiro atoms. The largest absolute Gasteiger partial charge is 0.384 e. The molecule has 2 rings (SSSR count). The minimum Gasteiger partial charge on any atom is -0.384 e. The van der Waals surface area contributed by atoms with Crippen LogP contribution >= 0.6 is 11.6 Å². The highest BCUT2D eigenvalue weighted by Gasteiger charge is 2.17. The Bertz CT molecular complexity index is 556. The number of halogens is 1. The van der Waals surface area contributed by atoms with Crippen LogP contribution in [0.2, 0.25) is 5.02 Å². The van der Waals surface area contributed by atoms with Gasteiger partial charge in [-0.1, -0.05) is 32.4 Å². The summed E-state index contributed by atoms with van der Waals surface area (Å²) in [5.74, 6) is 1.12. The van der Waals surface area contributed by atoms with E-state index < -0.39 is 0 Å². The van der Waals surface area contributed by atoms with Crippen molar-refractivity contribution < 1.29 is 0 Å². The van der Waals surface area contributed by atoms with Gasteiger partial charge in [-0.2, -0.15) is 0 Å². The van der Waals surface area contributed by atoms with Gasteiger partial charge in [-0.15, -0.1) is 0 Å². The van der Waals surface area contributed by atoms with Gasteiger partial charge < -0.3 is 5.73 Å². The zero-order chi connectivity index (χ0) is 13.3. The lowest BCUT2D eigenvalue weighted by molar-refractivity contribution is 0.568. The fraction of sp³-hybridized carbons (Fsp3) is 0.286. The van der Waals surface area contributed by atoms with Crippen molar-refractivity contribution in [2.24, 2.45) is 0 Å². The predicted octanol–water partition coefficient (Wildman–Crippen LogP) is 3.68. The van der Waals surface area contributed by atoms with E-state index in [2.05, 4.69) is 30.7 Å². The van der Waals surface area contributed by atoms with Crippen molar-refractivity contribution in [3.8, 4) is 11.4 Å². The standard InChI is InChI=1S/C14H16ClN3/c1-14(2,3)11-8-12(16)18-13(17-11)9-4-6-10(15)7-5-9/h4-8H,1-3H3,(H2,16,17,18). The number of hydrogen-bond donors (Lipinski definition) is 1. The Labute approximate surface area is 112 Å². The second-order valence-corrected chi connectivity index (χ2v) is 5.69. The molecule has 2 N–H and O–H groups in total. The molecule has 2 aromatic rings. The molecule has 0 saturated heterocycles. The molecule has 0 atom stereocenters. The monoisotopic (exact) mass is 261 g/mol. The molecule has 0 saturated carbocycles. The number of hydrogen-bond acceptors (Lipinski definition) is 3. The lowest BCUT2D eigenvalue weighted by atomic mass is 9.92. The van der Waals surface area contributed by atoms with Gasteiger partial charge >= 0.3 is 0 Å². The predicted molar refractivity (Wildman–Crippen MR) is 75.6 cm³/mol. The van der Waals surface area contributed by atoms with Crippen molar-refractivity contribution in [1.29, 1.82) is 0 Å². The molecule has 0 fully saturated rings. The van der Waals surface area contributed by atoms with Crippen LogP contribution in [-0.2, 0) is 5.41 Å². The molecule has 94 valence electrons. The number of nitrogens with zero attached hydrogens (tertiary/aromatic N) is 2. The smallest absolute Gasteiger partial charge is 0.161 e. The van der Waals surface area contributed by atoms with Gasteiger partial charge in [-0.05, 0) is 24.3 Å². The van der Waals surface area contributed by atoms with Crippen LogP contribution in [0.15, 0.2) is 30.3 Å². The maximum atomic E-state index is 5.87. The van der Waals surface area contributed by atoms with Gasteiger partial charge in [0.25, 0.3) is 0 Å². The summed E-state index contributed by atoms with van der Waals surface area (Å²) in [5, 5.41) is 0.693. The van der Waals surface area contributed by atoms with Crippen LogP contribution in [0.4, 0.5) is 5.82 Å². The minimum absolute atomic E-state index is 0.0573. The van der Waals surface area contributed by atoms with E-state index in [0.717, 1.165) is 11.3 Å². The molecule has 0 aliphatic rings. The third-order valence-corrected chi connectivity index (χ3v) is 2.87. The first-order valence-electron chi connectivity index (χ1n) is 5.77. The van der Waals surface area contributed by atoms with E-state index in [1.54, 1.807) is 0 Å². The van der Waals surface area contributed by atoms with Gasteiger partial charge in [-0.3, -0.25) is 0 Å². The van der Waals surface area contributed by atoms with Gasteiger partial charge in [-0.25, -0.2) is 9.97 Å². The van der Waals surface area contributed by atoms with Gasteiger partial charge in [0.2, 0.25) is 0 Å². The summed E-state index contributed by atoms with van der Waals surface area (Å²) in [7, 11) is 0. The summed E-state index contributed by atoms with van der Waals surface area (Å²) in [6.07, 6.45) is 0. The number of anilines is 1. The van der Waals surface area contributed by atoms with Crippen LogP contribution in [0.3, 0.4) is 0 Å². The number of nitrogen functional groups attached to an aromatic ring is 1. The van der Waals surface area contributed by atoms with E-state index >= 15 is 0 Å². The quantitative estimate of drug-likeness (QED) is 0.852. The Hall–Kier alpha value is -1.61. The zero-order valence-corrected chi connectivity index (χ0v) is 11.5. The highest BCUT2D eigenvalue weighted by Crippen LogP contribution is 2.25. The summed E-state index contributed by atoms with van der Waals surface area (Å²) in [4.78, 5) is 8.84. The molecule has 0 amide bonds. The summed E-state index contributed by atoms with van der Waals surface area (Å²) in [6, 6.07) is 9.24. The molecular weight excluding hydrogens is 246 g/mol. The Morgan fingerprint density at radius 2 is 1.67 bits per heavy atom. The van der Waals surface area contributed by atoms with E-state index in [9.17, 15) is 0 Å². The molecule has 4 heteroatoms. The molecule has 0 radical (unpaired) electrons. The van der Waals surface area contributed by atoms with Crippen LogP contribution in [0.25, 0.3) is 11.4 Å². The molecular formula is C14H16ClN3. The summed E-state index contributed by atoms with van der Waals surface area (Å²) >= 11 is 5.87. The average molecular weight is 262 g/mol. The fourth-order valence-electron chi connectivity index (χ4n) is 1.58. The van der Waals surface area contributed by atoms with Crippen molar-refractivity contribution in [2.45, 2.75) is 26.2 Å². The van der Waals surface area contributed by atoms with E-state index in [1.807, 2.05) is 30.3 Å². The molecule has 0 unspecified atom stereocenters.